The number of aromatic nitrogens is 3. The second-order valence-electron chi connectivity index (χ2n) is 10.2. The zero-order valence-corrected chi connectivity index (χ0v) is 24.5. The van der Waals surface area contributed by atoms with Gasteiger partial charge in [0.2, 0.25) is 0 Å². The van der Waals surface area contributed by atoms with E-state index in [1.165, 1.54) is 11.8 Å². The summed E-state index contributed by atoms with van der Waals surface area (Å²) in [5.74, 6) is -1.57. The van der Waals surface area contributed by atoms with E-state index in [1.54, 1.807) is 38.1 Å². The van der Waals surface area contributed by atoms with Crippen LogP contribution in [0.25, 0.3) is 11.4 Å². The van der Waals surface area contributed by atoms with Gasteiger partial charge in [0.25, 0.3) is 5.78 Å². The summed E-state index contributed by atoms with van der Waals surface area (Å²) in [7, 11) is 0. The Balaban J connectivity index is 1.65. The molecule has 9 nitrogen and oxygen atoms in total. The van der Waals surface area contributed by atoms with E-state index in [2.05, 4.69) is 16.9 Å². The zero-order valence-electron chi connectivity index (χ0n) is 23.7. The number of imidazole rings is 1. The number of anilines is 1. The molecule has 1 N–H and O–H groups in total. The number of aliphatic hydroxyl groups excluding tert-OH is 1. The first-order chi connectivity index (χ1) is 19.6. The average molecular weight is 573 g/mol. The first-order valence-electron chi connectivity index (χ1n) is 13.6. The number of carbonyl (C=O) groups excluding carboxylic acids is 3. The van der Waals surface area contributed by atoms with Crippen LogP contribution in [0.3, 0.4) is 0 Å². The summed E-state index contributed by atoms with van der Waals surface area (Å²) in [6, 6.07) is 9.93. The lowest BCUT2D eigenvalue weighted by atomic mass is 9.96. The molecule has 1 saturated heterocycles. The van der Waals surface area contributed by atoms with Crippen LogP contribution >= 0.6 is 11.3 Å². The van der Waals surface area contributed by atoms with Crippen LogP contribution in [-0.2, 0) is 9.59 Å². The predicted molar refractivity (Wildman–Crippen MR) is 158 cm³/mol. The summed E-state index contributed by atoms with van der Waals surface area (Å²) in [4.78, 5) is 50.2. The van der Waals surface area contributed by atoms with Gasteiger partial charge in [0.1, 0.15) is 17.1 Å². The normalized spacial score (nSPS) is 16.6. The maximum atomic E-state index is 13.6. The van der Waals surface area contributed by atoms with E-state index in [-0.39, 0.29) is 27.9 Å². The molecule has 10 heteroatoms. The number of Topliss-reactive ketones (excluding diaryl/α,β-unsaturated/α-hetero) is 2. The molecule has 4 aromatic rings. The third kappa shape index (κ3) is 5.04. The summed E-state index contributed by atoms with van der Waals surface area (Å²) < 4.78 is 7.70. The van der Waals surface area contributed by atoms with Crippen molar-refractivity contribution in [2.24, 2.45) is 0 Å². The Bertz CT molecular complexity index is 1700. The molecule has 1 aromatic carbocycles. The van der Waals surface area contributed by atoms with Crippen LogP contribution in [0, 0.1) is 20.8 Å². The van der Waals surface area contributed by atoms with Crippen molar-refractivity contribution in [3.63, 3.8) is 0 Å². The molecular formula is C31H32N4O5S. The van der Waals surface area contributed by atoms with E-state index >= 15 is 0 Å². The molecule has 41 heavy (non-hydrogen) atoms. The fourth-order valence-corrected chi connectivity index (χ4v) is 6.11. The quantitative estimate of drug-likeness (QED) is 0.0846. The van der Waals surface area contributed by atoms with Crippen LogP contribution in [0.1, 0.15) is 77.0 Å². The summed E-state index contributed by atoms with van der Waals surface area (Å²) in [6.07, 6.45) is 4.94. The standard InChI is InChI=1S/C31H32N4O5S/c1-6-7-8-16-40-22-13-11-21(12-14-22)25-23(26(37)24-19(4)34-15-9-10-17(2)29(34)33-24)27(38)30(39)35(25)31-32-18(3)28(41-31)20(5)36/h9-15,25,37H,6-8,16H2,1-5H3/b26-23+. The number of nitrogens with zero attached hydrogens (tertiary/aromatic N) is 4. The molecule has 1 fully saturated rings. The van der Waals surface area contributed by atoms with Gasteiger partial charge in [-0.05, 0) is 56.5 Å². The Labute approximate surface area is 242 Å². The maximum absolute atomic E-state index is 13.6. The summed E-state index contributed by atoms with van der Waals surface area (Å²) >= 11 is 1.05. The first-order valence-corrected chi connectivity index (χ1v) is 14.4. The van der Waals surface area contributed by atoms with Crippen LogP contribution in [0.2, 0.25) is 0 Å². The Morgan fingerprint density at radius 1 is 1.07 bits per heavy atom. The number of ether oxygens (including phenoxy) is 1. The third-order valence-corrected chi connectivity index (χ3v) is 8.53. The Morgan fingerprint density at radius 3 is 2.44 bits per heavy atom. The molecule has 1 amide bonds. The minimum absolute atomic E-state index is 0.0898. The third-order valence-electron chi connectivity index (χ3n) is 7.28. The number of thiazole rings is 1. The van der Waals surface area contributed by atoms with Gasteiger partial charge in [0.15, 0.2) is 16.7 Å². The molecule has 1 aliphatic heterocycles. The first kappa shape index (κ1) is 28.2. The van der Waals surface area contributed by atoms with Crippen molar-refractivity contribution in [1.82, 2.24) is 14.4 Å². The van der Waals surface area contributed by atoms with Gasteiger partial charge < -0.3 is 14.2 Å². The molecule has 0 saturated carbocycles. The molecule has 1 aliphatic rings. The van der Waals surface area contributed by atoms with Gasteiger partial charge in [-0.1, -0.05) is 49.3 Å². The monoisotopic (exact) mass is 572 g/mol. The lowest BCUT2D eigenvalue weighted by Gasteiger charge is -2.23. The minimum atomic E-state index is -0.986. The second-order valence-corrected chi connectivity index (χ2v) is 11.2. The lowest BCUT2D eigenvalue weighted by Crippen LogP contribution is -2.29. The van der Waals surface area contributed by atoms with Crippen LogP contribution in [0.4, 0.5) is 5.13 Å². The average Bonchev–Trinajstić information content (AvgIpc) is 3.59. The van der Waals surface area contributed by atoms with E-state index in [0.717, 1.165) is 36.2 Å². The summed E-state index contributed by atoms with van der Waals surface area (Å²) in [6.45, 7) is 9.55. The smallest absolute Gasteiger partial charge is 0.301 e. The molecule has 1 unspecified atom stereocenters. The Hall–Kier alpha value is -4.31. The molecule has 0 radical (unpaired) electrons. The van der Waals surface area contributed by atoms with Crippen molar-refractivity contribution in [1.29, 1.82) is 0 Å². The Morgan fingerprint density at radius 2 is 1.80 bits per heavy atom. The van der Waals surface area contributed by atoms with Crippen LogP contribution in [-0.4, -0.2) is 43.6 Å². The van der Waals surface area contributed by atoms with Crippen molar-refractivity contribution in [2.75, 3.05) is 11.5 Å². The van der Waals surface area contributed by atoms with Gasteiger partial charge in [0.05, 0.1) is 34.5 Å². The van der Waals surface area contributed by atoms with Crippen LogP contribution in [0.5, 0.6) is 5.75 Å². The Kier molecular flexibility index (Phi) is 7.77. The van der Waals surface area contributed by atoms with Crippen molar-refractivity contribution < 1.29 is 24.2 Å². The molecule has 0 aliphatic carbocycles. The number of unbranched alkanes of at least 4 members (excludes halogenated alkanes) is 2. The number of aliphatic hydroxyl groups is 1. The van der Waals surface area contributed by atoms with E-state index in [0.29, 0.717) is 39.8 Å². The number of carbonyl (C=O) groups is 3. The van der Waals surface area contributed by atoms with Crippen molar-refractivity contribution >= 4 is 45.3 Å². The molecule has 4 heterocycles. The molecule has 5 rings (SSSR count). The predicted octanol–water partition coefficient (Wildman–Crippen LogP) is 6.11. The highest BCUT2D eigenvalue weighted by atomic mass is 32.1. The number of aryl methyl sites for hydroxylation is 3. The summed E-state index contributed by atoms with van der Waals surface area (Å²) in [5.41, 5.74) is 3.36. The van der Waals surface area contributed by atoms with Gasteiger partial charge in [-0.2, -0.15) is 0 Å². The van der Waals surface area contributed by atoms with E-state index < -0.39 is 17.7 Å². The topological polar surface area (TPSA) is 114 Å². The SMILES string of the molecule is CCCCCOc1ccc(C2/C(=C(\O)c3nc4c(C)cccn4c3C)C(=O)C(=O)N2c2nc(C)c(C(C)=O)s2)cc1. The van der Waals surface area contributed by atoms with Gasteiger partial charge >= 0.3 is 5.91 Å². The lowest BCUT2D eigenvalue weighted by molar-refractivity contribution is -0.132. The number of fused-ring (bicyclic) bond motifs is 1. The molecule has 212 valence electrons. The van der Waals surface area contributed by atoms with Gasteiger partial charge in [0, 0.05) is 13.1 Å². The number of hydrogen-bond donors (Lipinski definition) is 1. The number of amides is 1. The van der Waals surface area contributed by atoms with Crippen molar-refractivity contribution in [2.45, 2.75) is 59.9 Å². The van der Waals surface area contributed by atoms with Crippen LogP contribution in [0.15, 0.2) is 48.2 Å². The molecule has 0 spiro atoms. The zero-order chi connectivity index (χ0) is 29.4. The highest BCUT2D eigenvalue weighted by molar-refractivity contribution is 7.18. The van der Waals surface area contributed by atoms with Gasteiger partial charge in [-0.25, -0.2) is 9.97 Å². The van der Waals surface area contributed by atoms with E-state index in [4.69, 9.17) is 4.74 Å². The second kappa shape index (κ2) is 11.3. The molecule has 3 aromatic heterocycles. The molecular weight excluding hydrogens is 540 g/mol. The number of hydrogen-bond acceptors (Lipinski definition) is 8. The van der Waals surface area contributed by atoms with E-state index in [1.807, 2.05) is 29.7 Å². The highest BCUT2D eigenvalue weighted by Gasteiger charge is 2.48. The molecule has 1 atom stereocenters. The number of benzene rings is 1. The highest BCUT2D eigenvalue weighted by Crippen LogP contribution is 2.44. The largest absolute Gasteiger partial charge is 0.505 e. The fraction of sp³-hybridized carbons (Fsp3) is 0.323. The van der Waals surface area contributed by atoms with Crippen molar-refractivity contribution in [3.8, 4) is 5.75 Å². The fourth-order valence-electron chi connectivity index (χ4n) is 5.12. The van der Waals surface area contributed by atoms with Crippen molar-refractivity contribution in [3.05, 3.63) is 81.3 Å². The molecule has 0 bridgehead atoms. The van der Waals surface area contributed by atoms with Gasteiger partial charge in [-0.15, -0.1) is 0 Å². The van der Waals surface area contributed by atoms with E-state index in [9.17, 15) is 19.5 Å². The number of rotatable bonds is 9. The maximum Gasteiger partial charge on any atom is 0.301 e. The van der Waals surface area contributed by atoms with Crippen LogP contribution < -0.4 is 9.64 Å². The number of pyridine rings is 1. The number of ketones is 2. The summed E-state index contributed by atoms with van der Waals surface area (Å²) in [5, 5.41) is 11.9. The minimum Gasteiger partial charge on any atom is -0.505 e. The van der Waals surface area contributed by atoms with Gasteiger partial charge in [-0.3, -0.25) is 19.3 Å².